The highest BCUT2D eigenvalue weighted by Gasteiger charge is 2.62. The molecule has 2 aromatic heterocycles. The number of alkyl halides is 3. The number of furan rings is 1. The van der Waals surface area contributed by atoms with Crippen molar-refractivity contribution in [3.8, 4) is 17.3 Å². The lowest BCUT2D eigenvalue weighted by Crippen LogP contribution is -2.58. The fourth-order valence-corrected chi connectivity index (χ4v) is 10.3. The van der Waals surface area contributed by atoms with E-state index in [1.54, 1.807) is 24.3 Å². The lowest BCUT2D eigenvalue weighted by Gasteiger charge is -2.30. The number of sulfonamides is 1. The van der Waals surface area contributed by atoms with Gasteiger partial charge in [0, 0.05) is 23.3 Å². The Hall–Kier alpha value is -5.72. The minimum Gasteiger partial charge on any atom is -0.470 e. The summed E-state index contributed by atoms with van der Waals surface area (Å²) in [5.74, 6) is -2.96. The van der Waals surface area contributed by atoms with Gasteiger partial charge in [0.05, 0.1) is 17.4 Å². The number of rotatable bonds is 8. The maximum absolute atomic E-state index is 14.8. The summed E-state index contributed by atoms with van der Waals surface area (Å²) in [5.41, 5.74) is -1.72. The summed E-state index contributed by atoms with van der Waals surface area (Å²) in [4.78, 5) is 66.9. The molecule has 0 spiro atoms. The highest BCUT2D eigenvalue weighted by atomic mass is 32.2. The number of allylic oxidation sites excluding steroid dienone is 1. The summed E-state index contributed by atoms with van der Waals surface area (Å²) < 4.78 is 87.9. The van der Waals surface area contributed by atoms with Crippen LogP contribution >= 0.6 is 0 Å². The average molecular weight is 893 g/mol. The van der Waals surface area contributed by atoms with E-state index < -0.39 is 80.5 Å². The maximum atomic E-state index is 14.8. The molecule has 4 aromatic rings. The number of nitrogens with one attached hydrogen (secondary N) is 3. The first kappa shape index (κ1) is 42.6. The third-order valence-corrected chi connectivity index (χ3v) is 14.4. The van der Waals surface area contributed by atoms with Gasteiger partial charge in [-0.25, -0.2) is 18.2 Å². The Labute approximate surface area is 360 Å². The molecule has 5 aliphatic rings. The van der Waals surface area contributed by atoms with E-state index in [0.29, 0.717) is 55.9 Å². The highest BCUT2D eigenvalue weighted by Crippen LogP contribution is 2.46. The number of carbonyl (C=O) groups is 4. The van der Waals surface area contributed by atoms with Crippen LogP contribution in [0.1, 0.15) is 89.0 Å². The molecular weight excluding hydrogens is 846 g/mol. The van der Waals surface area contributed by atoms with Gasteiger partial charge in [0.1, 0.15) is 40.9 Å². The lowest BCUT2D eigenvalue weighted by molar-refractivity contribution is -0.141. The molecule has 2 aliphatic heterocycles. The van der Waals surface area contributed by atoms with Crippen LogP contribution in [-0.2, 0) is 35.3 Å². The van der Waals surface area contributed by atoms with Gasteiger partial charge in [-0.3, -0.25) is 19.1 Å². The standard InChI is InChI=1S/C44H47F3N6O9S/c45-44(46,47)26-13-10-11-25(21-26)37-49-35-31-16-8-9-18-34(31)62-36(35)39(50-37)60-29-22-33-38(54)51-43(41(56)52-63(58,59)30-19-20-30)23-27(43)12-4-2-1-3-5-17-32(40(55)53(33)24-29)48-42(57)61-28-14-6-7-15-28/h4,8-13,16,18,21,27-30,32-33H,1-3,5-7,14-15,17,19-20,22-24H2,(H,48,57)(H,51,54)(H,52,56)/b12-4-. The first-order valence-electron chi connectivity index (χ1n) is 21.5. The lowest BCUT2D eigenvalue weighted by atomic mass is 10.0. The Morgan fingerprint density at radius 2 is 1.71 bits per heavy atom. The number of benzene rings is 2. The third-order valence-electron chi connectivity index (χ3n) is 12.6. The van der Waals surface area contributed by atoms with Crippen LogP contribution in [0.4, 0.5) is 18.0 Å². The van der Waals surface area contributed by atoms with Gasteiger partial charge < -0.3 is 29.4 Å². The van der Waals surface area contributed by atoms with E-state index in [0.717, 1.165) is 31.4 Å². The fourth-order valence-electron chi connectivity index (χ4n) is 8.95. The Balaban J connectivity index is 1.06. The predicted molar refractivity (Wildman–Crippen MR) is 221 cm³/mol. The highest BCUT2D eigenvalue weighted by molar-refractivity contribution is 7.91. The Morgan fingerprint density at radius 1 is 0.937 bits per heavy atom. The predicted octanol–water partition coefficient (Wildman–Crippen LogP) is 6.45. The summed E-state index contributed by atoms with van der Waals surface area (Å²) in [7, 11) is -3.98. The van der Waals surface area contributed by atoms with Gasteiger partial charge in [0.2, 0.25) is 27.4 Å². The van der Waals surface area contributed by atoms with Crippen LogP contribution in [0.3, 0.4) is 0 Å². The fraction of sp³-hybridized carbons (Fsp3) is 0.500. The molecule has 5 unspecified atom stereocenters. The molecule has 1 saturated heterocycles. The van der Waals surface area contributed by atoms with E-state index >= 15 is 0 Å². The molecule has 2 aromatic carbocycles. The van der Waals surface area contributed by atoms with E-state index in [-0.39, 0.29) is 60.3 Å². The van der Waals surface area contributed by atoms with Crippen LogP contribution in [0.15, 0.2) is 65.1 Å². The number of para-hydroxylation sites is 1. The topological polar surface area (TPSA) is 199 Å². The van der Waals surface area contributed by atoms with Crippen molar-refractivity contribution in [2.45, 2.75) is 125 Å². The molecule has 3 aliphatic carbocycles. The summed E-state index contributed by atoms with van der Waals surface area (Å²) >= 11 is 0. The van der Waals surface area contributed by atoms with Gasteiger partial charge in [-0.1, -0.05) is 49.3 Å². The van der Waals surface area contributed by atoms with Crippen LogP contribution in [0.5, 0.6) is 5.88 Å². The number of hydrogen-bond donors (Lipinski definition) is 3. The number of halogens is 3. The molecular formula is C44H47F3N6O9S. The number of aromatic nitrogens is 2. The number of alkyl carbamates (subject to hydrolysis) is 1. The largest absolute Gasteiger partial charge is 0.470 e. The van der Waals surface area contributed by atoms with Crippen molar-refractivity contribution in [3.63, 3.8) is 0 Å². The van der Waals surface area contributed by atoms with Crippen molar-refractivity contribution < 1.29 is 54.7 Å². The van der Waals surface area contributed by atoms with Crippen molar-refractivity contribution in [1.82, 2.24) is 30.2 Å². The van der Waals surface area contributed by atoms with Gasteiger partial charge >= 0.3 is 12.3 Å². The monoisotopic (exact) mass is 892 g/mol. The first-order chi connectivity index (χ1) is 30.2. The minimum atomic E-state index is -4.64. The van der Waals surface area contributed by atoms with Crippen molar-refractivity contribution in [2.75, 3.05) is 6.54 Å². The van der Waals surface area contributed by atoms with E-state index in [1.165, 1.54) is 17.0 Å². The van der Waals surface area contributed by atoms with Crippen LogP contribution in [0.25, 0.3) is 33.5 Å². The SMILES string of the molecule is O=C(NC1CCCCC/C=C\C2CC2(C(=O)NS(=O)(=O)C2CC2)NC(=O)C2CC(Oc3nc(-c4cccc(C(F)(F)F)c4)nc4c3oc3ccccc34)CN2C1=O)OC1CCCC1. The summed E-state index contributed by atoms with van der Waals surface area (Å²) in [6.07, 6.45) is 3.99. The second-order valence-electron chi connectivity index (χ2n) is 17.2. The number of amides is 4. The van der Waals surface area contributed by atoms with Crippen molar-refractivity contribution >= 4 is 55.9 Å². The quantitative estimate of drug-likeness (QED) is 0.164. The van der Waals surface area contributed by atoms with Crippen LogP contribution < -0.4 is 20.1 Å². The second kappa shape index (κ2) is 16.8. The Kier molecular flexibility index (Phi) is 11.3. The molecule has 4 amide bonds. The molecule has 0 radical (unpaired) electrons. The first-order valence-corrected chi connectivity index (χ1v) is 23.1. The minimum absolute atomic E-state index is 0.0502. The van der Waals surface area contributed by atoms with Gasteiger partial charge in [0.15, 0.2) is 5.82 Å². The molecule has 0 bridgehead atoms. The summed E-state index contributed by atoms with van der Waals surface area (Å²) in [5, 5.41) is 5.44. The van der Waals surface area contributed by atoms with Crippen LogP contribution in [-0.4, -0.2) is 88.7 Å². The van der Waals surface area contributed by atoms with Crippen molar-refractivity contribution in [3.05, 3.63) is 66.2 Å². The van der Waals surface area contributed by atoms with E-state index in [9.17, 15) is 40.8 Å². The molecule has 5 atom stereocenters. The summed E-state index contributed by atoms with van der Waals surface area (Å²) in [6.45, 7) is -0.212. The molecule has 4 heterocycles. The number of ether oxygens (including phenoxy) is 2. The number of carbonyl (C=O) groups excluding carboxylic acids is 4. The van der Waals surface area contributed by atoms with E-state index in [4.69, 9.17) is 13.9 Å². The van der Waals surface area contributed by atoms with Crippen molar-refractivity contribution in [1.29, 1.82) is 0 Å². The molecule has 3 saturated carbocycles. The molecule has 334 valence electrons. The molecule has 63 heavy (non-hydrogen) atoms. The molecule has 4 fully saturated rings. The smallest absolute Gasteiger partial charge is 0.416 e. The van der Waals surface area contributed by atoms with E-state index in [1.807, 2.05) is 12.2 Å². The Morgan fingerprint density at radius 3 is 2.49 bits per heavy atom. The Bertz CT molecular complexity index is 2590. The van der Waals surface area contributed by atoms with Gasteiger partial charge in [0.25, 0.3) is 11.8 Å². The van der Waals surface area contributed by atoms with Gasteiger partial charge in [-0.2, -0.15) is 18.2 Å². The zero-order chi connectivity index (χ0) is 44.1. The molecule has 9 rings (SSSR count). The zero-order valence-corrected chi connectivity index (χ0v) is 35.0. The van der Waals surface area contributed by atoms with Gasteiger partial charge in [-0.15, -0.1) is 0 Å². The summed E-state index contributed by atoms with van der Waals surface area (Å²) in [6, 6.07) is 9.06. The second-order valence-corrected chi connectivity index (χ2v) is 19.2. The maximum Gasteiger partial charge on any atom is 0.416 e. The van der Waals surface area contributed by atoms with E-state index in [2.05, 4.69) is 25.3 Å². The van der Waals surface area contributed by atoms with Crippen LogP contribution in [0.2, 0.25) is 0 Å². The number of hydrogen-bond acceptors (Lipinski definition) is 11. The number of nitrogens with zero attached hydrogens (tertiary/aromatic N) is 3. The number of fused-ring (bicyclic) bond motifs is 5. The van der Waals surface area contributed by atoms with Crippen molar-refractivity contribution in [2.24, 2.45) is 5.92 Å². The normalized spacial score (nSPS) is 26.6. The molecule has 19 heteroatoms. The zero-order valence-electron chi connectivity index (χ0n) is 34.2. The average Bonchev–Trinajstić information content (AvgIpc) is 4.06. The molecule has 15 nitrogen and oxygen atoms in total. The third kappa shape index (κ3) is 8.93. The van der Waals surface area contributed by atoms with Crippen LogP contribution in [0, 0.1) is 5.92 Å². The molecule has 3 N–H and O–H groups in total. The van der Waals surface area contributed by atoms with Gasteiger partial charge in [-0.05, 0) is 88.5 Å².